The first-order valence-electron chi connectivity index (χ1n) is 6.87. The zero-order valence-electron chi connectivity index (χ0n) is 11.9. The van der Waals surface area contributed by atoms with E-state index in [1.54, 1.807) is 6.20 Å². The van der Waals surface area contributed by atoms with Crippen molar-refractivity contribution in [2.24, 2.45) is 0 Å². The van der Waals surface area contributed by atoms with Crippen molar-refractivity contribution >= 4 is 34.3 Å². The number of hydrogen-bond donors (Lipinski definition) is 3. The number of hydrogen-bond acceptors (Lipinski definition) is 3. The van der Waals surface area contributed by atoms with Crippen molar-refractivity contribution in [1.82, 2.24) is 10.3 Å². The molecule has 20 heavy (non-hydrogen) atoms. The molecule has 1 atom stereocenters. The van der Waals surface area contributed by atoms with Crippen LogP contribution in [-0.4, -0.2) is 28.4 Å². The van der Waals surface area contributed by atoms with E-state index in [9.17, 15) is 4.79 Å². The second-order valence-electron chi connectivity index (χ2n) is 4.87. The molecule has 0 saturated heterocycles. The Morgan fingerprint density at radius 1 is 1.50 bits per heavy atom. The maximum Gasteiger partial charge on any atom is 0.253 e. The summed E-state index contributed by atoms with van der Waals surface area (Å²) in [5.74, 6) is 2.16. The molecule has 108 valence electrons. The van der Waals surface area contributed by atoms with Crippen LogP contribution in [-0.2, 0) is 0 Å². The molecule has 2 aromatic rings. The molecule has 0 saturated carbocycles. The highest BCUT2D eigenvalue weighted by molar-refractivity contribution is 7.99. The van der Waals surface area contributed by atoms with Crippen LogP contribution < -0.4 is 11.1 Å². The van der Waals surface area contributed by atoms with E-state index in [1.807, 2.05) is 36.9 Å². The monoisotopic (exact) mass is 291 g/mol. The number of carbonyl (C=O) groups is 1. The van der Waals surface area contributed by atoms with Crippen molar-refractivity contribution in [3.8, 4) is 0 Å². The standard InChI is InChI=1S/C15H21N3OS/c1-3-20-7-6-10(2)18-15(19)13-9-17-14-8-11(16)4-5-12(13)14/h4-5,8-10,17H,3,6-7,16H2,1-2H3,(H,18,19). The van der Waals surface area contributed by atoms with E-state index in [1.165, 1.54) is 0 Å². The first-order valence-corrected chi connectivity index (χ1v) is 8.02. The Hall–Kier alpha value is -1.62. The molecule has 0 fully saturated rings. The van der Waals surface area contributed by atoms with Gasteiger partial charge in [-0.05, 0) is 43.0 Å². The van der Waals surface area contributed by atoms with Crippen LogP contribution in [0.3, 0.4) is 0 Å². The molecule has 2 rings (SSSR count). The number of aromatic nitrogens is 1. The van der Waals surface area contributed by atoms with E-state index in [0.29, 0.717) is 11.3 Å². The minimum absolute atomic E-state index is 0.0324. The molecule has 0 bridgehead atoms. The fraction of sp³-hybridized carbons (Fsp3) is 0.400. The lowest BCUT2D eigenvalue weighted by Gasteiger charge is -2.13. The second kappa shape index (κ2) is 6.70. The van der Waals surface area contributed by atoms with Gasteiger partial charge in [0.1, 0.15) is 0 Å². The zero-order valence-corrected chi connectivity index (χ0v) is 12.7. The van der Waals surface area contributed by atoms with Crippen LogP contribution in [0.2, 0.25) is 0 Å². The fourth-order valence-electron chi connectivity index (χ4n) is 2.11. The summed E-state index contributed by atoms with van der Waals surface area (Å²) in [6.45, 7) is 4.19. The van der Waals surface area contributed by atoms with Crippen LogP contribution >= 0.6 is 11.8 Å². The third kappa shape index (κ3) is 3.48. The van der Waals surface area contributed by atoms with Gasteiger partial charge < -0.3 is 16.0 Å². The number of rotatable bonds is 6. The molecule has 0 aliphatic heterocycles. The smallest absolute Gasteiger partial charge is 0.253 e. The number of carbonyl (C=O) groups excluding carboxylic acids is 1. The zero-order chi connectivity index (χ0) is 14.5. The summed E-state index contributed by atoms with van der Waals surface area (Å²) in [5.41, 5.74) is 7.99. The number of nitrogens with one attached hydrogen (secondary N) is 2. The van der Waals surface area contributed by atoms with E-state index < -0.39 is 0 Å². The molecular weight excluding hydrogens is 270 g/mol. The Labute approximate surface area is 123 Å². The van der Waals surface area contributed by atoms with Gasteiger partial charge in [0.15, 0.2) is 0 Å². The molecule has 1 aromatic carbocycles. The Kier molecular flexibility index (Phi) is 4.95. The number of benzene rings is 1. The highest BCUT2D eigenvalue weighted by Crippen LogP contribution is 2.20. The number of nitrogens with two attached hydrogens (primary N) is 1. The van der Waals surface area contributed by atoms with Crippen LogP contribution in [0.1, 0.15) is 30.6 Å². The van der Waals surface area contributed by atoms with E-state index in [4.69, 9.17) is 5.73 Å². The third-order valence-electron chi connectivity index (χ3n) is 3.23. The molecule has 4 nitrogen and oxygen atoms in total. The van der Waals surface area contributed by atoms with Crippen molar-refractivity contribution in [2.45, 2.75) is 26.3 Å². The first-order chi connectivity index (χ1) is 9.61. The van der Waals surface area contributed by atoms with Gasteiger partial charge >= 0.3 is 0 Å². The van der Waals surface area contributed by atoms with Gasteiger partial charge in [-0.15, -0.1) is 0 Å². The molecule has 0 radical (unpaired) electrons. The van der Waals surface area contributed by atoms with Crippen LogP contribution in [0.5, 0.6) is 0 Å². The molecule has 1 unspecified atom stereocenters. The van der Waals surface area contributed by atoms with E-state index in [0.717, 1.165) is 28.8 Å². The van der Waals surface area contributed by atoms with Crippen molar-refractivity contribution in [3.63, 3.8) is 0 Å². The third-order valence-corrected chi connectivity index (χ3v) is 4.16. The van der Waals surface area contributed by atoms with Crippen molar-refractivity contribution < 1.29 is 4.79 Å². The minimum atomic E-state index is -0.0324. The number of thioether (sulfide) groups is 1. The summed E-state index contributed by atoms with van der Waals surface area (Å²) >= 11 is 1.89. The lowest BCUT2D eigenvalue weighted by Crippen LogP contribution is -2.32. The highest BCUT2D eigenvalue weighted by atomic mass is 32.2. The van der Waals surface area contributed by atoms with Crippen LogP contribution in [0.4, 0.5) is 5.69 Å². The number of aromatic amines is 1. The molecule has 4 N–H and O–H groups in total. The highest BCUT2D eigenvalue weighted by Gasteiger charge is 2.14. The van der Waals surface area contributed by atoms with Gasteiger partial charge in [-0.2, -0.15) is 11.8 Å². The molecule has 1 heterocycles. The molecule has 1 amide bonds. The SMILES string of the molecule is CCSCCC(C)NC(=O)c1c[nH]c2cc(N)ccc12. The summed E-state index contributed by atoms with van der Waals surface area (Å²) in [6, 6.07) is 5.72. The topological polar surface area (TPSA) is 70.9 Å². The first kappa shape index (κ1) is 14.8. The van der Waals surface area contributed by atoms with Gasteiger partial charge in [0.25, 0.3) is 5.91 Å². The maximum absolute atomic E-state index is 12.3. The molecule has 0 aliphatic rings. The van der Waals surface area contributed by atoms with E-state index in [2.05, 4.69) is 17.2 Å². The fourth-order valence-corrected chi connectivity index (χ4v) is 2.92. The largest absolute Gasteiger partial charge is 0.399 e. The van der Waals surface area contributed by atoms with Crippen LogP contribution in [0.15, 0.2) is 24.4 Å². The summed E-state index contributed by atoms with van der Waals surface area (Å²) in [7, 11) is 0. The predicted molar refractivity (Wildman–Crippen MR) is 87.3 cm³/mol. The molecule has 5 heteroatoms. The Balaban J connectivity index is 2.04. The maximum atomic E-state index is 12.3. The van der Waals surface area contributed by atoms with Gasteiger partial charge in [0.2, 0.25) is 0 Å². The van der Waals surface area contributed by atoms with Gasteiger partial charge in [-0.3, -0.25) is 4.79 Å². The van der Waals surface area contributed by atoms with Gasteiger partial charge in [0, 0.05) is 28.8 Å². The van der Waals surface area contributed by atoms with Gasteiger partial charge in [-0.1, -0.05) is 6.92 Å². The van der Waals surface area contributed by atoms with Crippen LogP contribution in [0, 0.1) is 0 Å². The Bertz CT molecular complexity index is 594. The molecule has 1 aromatic heterocycles. The van der Waals surface area contributed by atoms with Crippen molar-refractivity contribution in [1.29, 1.82) is 0 Å². The summed E-state index contributed by atoms with van der Waals surface area (Å²) in [6.07, 6.45) is 2.73. The Morgan fingerprint density at radius 3 is 3.05 bits per heavy atom. The van der Waals surface area contributed by atoms with Gasteiger partial charge in [0.05, 0.1) is 5.56 Å². The number of amides is 1. The minimum Gasteiger partial charge on any atom is -0.399 e. The quantitative estimate of drug-likeness (QED) is 0.566. The van der Waals surface area contributed by atoms with E-state index >= 15 is 0 Å². The number of anilines is 1. The number of H-pyrrole nitrogens is 1. The van der Waals surface area contributed by atoms with Crippen molar-refractivity contribution in [3.05, 3.63) is 30.0 Å². The molecule has 0 spiro atoms. The summed E-state index contributed by atoms with van der Waals surface area (Å²) in [5, 5.41) is 3.95. The Morgan fingerprint density at radius 2 is 2.30 bits per heavy atom. The predicted octanol–water partition coefficient (Wildman–Crippen LogP) is 3.01. The lowest BCUT2D eigenvalue weighted by atomic mass is 10.1. The van der Waals surface area contributed by atoms with E-state index in [-0.39, 0.29) is 11.9 Å². The van der Waals surface area contributed by atoms with Crippen LogP contribution in [0.25, 0.3) is 10.9 Å². The second-order valence-corrected chi connectivity index (χ2v) is 6.26. The average molecular weight is 291 g/mol. The summed E-state index contributed by atoms with van der Waals surface area (Å²) in [4.78, 5) is 15.4. The molecular formula is C15H21N3OS. The normalized spacial score (nSPS) is 12.5. The summed E-state index contributed by atoms with van der Waals surface area (Å²) < 4.78 is 0. The number of nitrogen functional groups attached to an aromatic ring is 1. The van der Waals surface area contributed by atoms with Crippen molar-refractivity contribution in [2.75, 3.05) is 17.2 Å². The average Bonchev–Trinajstić information content (AvgIpc) is 2.81. The number of fused-ring (bicyclic) bond motifs is 1. The molecule has 0 aliphatic carbocycles. The van der Waals surface area contributed by atoms with Gasteiger partial charge in [-0.25, -0.2) is 0 Å². The lowest BCUT2D eigenvalue weighted by molar-refractivity contribution is 0.0941.